The highest BCUT2D eigenvalue weighted by atomic mass is 16.5. The van der Waals surface area contributed by atoms with Gasteiger partial charge in [-0.3, -0.25) is 0 Å². The molecular weight excluding hydrogens is 260 g/mol. The van der Waals surface area contributed by atoms with Gasteiger partial charge in [-0.2, -0.15) is 0 Å². The van der Waals surface area contributed by atoms with Crippen LogP contribution in [-0.4, -0.2) is 38.2 Å². The van der Waals surface area contributed by atoms with Crippen molar-refractivity contribution in [3.05, 3.63) is 29.8 Å². The summed E-state index contributed by atoms with van der Waals surface area (Å²) in [6.45, 7) is 8.99. The van der Waals surface area contributed by atoms with Crippen LogP contribution in [0.4, 0.5) is 0 Å². The lowest BCUT2D eigenvalue weighted by molar-refractivity contribution is 0.155. The standard InChI is InChI=1S/C18H30N2O/c1-14(2)13-20-10-8-16(9-11-20)18(12-19)15-4-6-17(21-3)7-5-15/h4-7,14,16,18H,8-13,19H2,1-3H3. The molecule has 1 heterocycles. The van der Waals surface area contributed by atoms with Crippen LogP contribution in [0.2, 0.25) is 0 Å². The minimum atomic E-state index is 0.483. The summed E-state index contributed by atoms with van der Waals surface area (Å²) in [5.41, 5.74) is 7.44. The Kier molecular flexibility index (Phi) is 6.07. The van der Waals surface area contributed by atoms with E-state index in [0.29, 0.717) is 11.8 Å². The Balaban J connectivity index is 1.95. The Labute approximate surface area is 129 Å². The van der Waals surface area contributed by atoms with Gasteiger partial charge in [0.1, 0.15) is 5.75 Å². The topological polar surface area (TPSA) is 38.5 Å². The number of nitrogens with zero attached hydrogens (tertiary/aromatic N) is 1. The fraction of sp³-hybridized carbons (Fsp3) is 0.667. The van der Waals surface area contributed by atoms with Gasteiger partial charge in [0.05, 0.1) is 7.11 Å². The zero-order valence-electron chi connectivity index (χ0n) is 13.7. The Bertz CT molecular complexity index is 408. The number of rotatable bonds is 6. The van der Waals surface area contributed by atoms with Gasteiger partial charge in [-0.1, -0.05) is 26.0 Å². The van der Waals surface area contributed by atoms with E-state index in [0.717, 1.165) is 18.2 Å². The Morgan fingerprint density at radius 3 is 2.29 bits per heavy atom. The van der Waals surface area contributed by atoms with E-state index in [1.807, 2.05) is 12.1 Å². The lowest BCUT2D eigenvalue weighted by atomic mass is 9.80. The number of ether oxygens (including phenoxy) is 1. The average Bonchev–Trinajstić information content (AvgIpc) is 2.50. The second-order valence-electron chi connectivity index (χ2n) is 6.65. The minimum absolute atomic E-state index is 0.483. The number of nitrogens with two attached hydrogens (primary N) is 1. The molecule has 2 rings (SSSR count). The van der Waals surface area contributed by atoms with Crippen LogP contribution in [0, 0.1) is 11.8 Å². The first kappa shape index (κ1) is 16.3. The van der Waals surface area contributed by atoms with E-state index in [2.05, 4.69) is 30.9 Å². The molecule has 0 aromatic heterocycles. The van der Waals surface area contributed by atoms with Gasteiger partial charge in [-0.05, 0) is 67.9 Å². The lowest BCUT2D eigenvalue weighted by Crippen LogP contribution is -2.38. The molecule has 0 spiro atoms. The smallest absolute Gasteiger partial charge is 0.118 e. The molecule has 0 aliphatic carbocycles. The molecule has 118 valence electrons. The SMILES string of the molecule is COc1ccc(C(CN)C2CCN(CC(C)C)CC2)cc1. The van der Waals surface area contributed by atoms with Crippen molar-refractivity contribution in [1.82, 2.24) is 4.90 Å². The fourth-order valence-electron chi connectivity index (χ4n) is 3.51. The monoisotopic (exact) mass is 290 g/mol. The van der Waals surface area contributed by atoms with Crippen molar-refractivity contribution >= 4 is 0 Å². The lowest BCUT2D eigenvalue weighted by Gasteiger charge is -2.36. The van der Waals surface area contributed by atoms with E-state index in [4.69, 9.17) is 10.5 Å². The van der Waals surface area contributed by atoms with E-state index >= 15 is 0 Å². The minimum Gasteiger partial charge on any atom is -0.497 e. The average molecular weight is 290 g/mol. The van der Waals surface area contributed by atoms with E-state index in [-0.39, 0.29) is 0 Å². The van der Waals surface area contributed by atoms with Crippen LogP contribution >= 0.6 is 0 Å². The van der Waals surface area contributed by atoms with Crippen LogP contribution in [0.3, 0.4) is 0 Å². The molecular formula is C18H30N2O. The van der Waals surface area contributed by atoms with E-state index in [9.17, 15) is 0 Å². The van der Waals surface area contributed by atoms with Crippen LogP contribution in [0.5, 0.6) is 5.75 Å². The molecule has 0 saturated carbocycles. The molecule has 1 unspecified atom stereocenters. The van der Waals surface area contributed by atoms with Gasteiger partial charge in [0, 0.05) is 6.54 Å². The Hall–Kier alpha value is -1.06. The molecule has 1 aromatic carbocycles. The van der Waals surface area contributed by atoms with Crippen molar-refractivity contribution in [2.24, 2.45) is 17.6 Å². The highest BCUT2D eigenvalue weighted by Gasteiger charge is 2.26. The number of piperidine rings is 1. The predicted molar refractivity (Wildman–Crippen MR) is 88.8 cm³/mol. The molecule has 1 saturated heterocycles. The van der Waals surface area contributed by atoms with E-state index in [1.165, 1.54) is 38.0 Å². The zero-order chi connectivity index (χ0) is 15.2. The molecule has 1 atom stereocenters. The highest BCUT2D eigenvalue weighted by molar-refractivity contribution is 5.30. The van der Waals surface area contributed by atoms with Gasteiger partial charge in [-0.15, -0.1) is 0 Å². The largest absolute Gasteiger partial charge is 0.497 e. The second kappa shape index (κ2) is 7.81. The highest BCUT2D eigenvalue weighted by Crippen LogP contribution is 2.33. The third-order valence-corrected chi connectivity index (χ3v) is 4.62. The van der Waals surface area contributed by atoms with Crippen LogP contribution in [0.25, 0.3) is 0 Å². The number of hydrogen-bond acceptors (Lipinski definition) is 3. The summed E-state index contributed by atoms with van der Waals surface area (Å²) in [5, 5.41) is 0. The maximum atomic E-state index is 6.08. The quantitative estimate of drug-likeness (QED) is 0.875. The molecule has 1 fully saturated rings. The number of methoxy groups -OCH3 is 1. The number of likely N-dealkylation sites (tertiary alicyclic amines) is 1. The van der Waals surface area contributed by atoms with Crippen molar-refractivity contribution in [1.29, 1.82) is 0 Å². The summed E-state index contributed by atoms with van der Waals surface area (Å²) in [7, 11) is 1.71. The van der Waals surface area contributed by atoms with E-state index < -0.39 is 0 Å². The van der Waals surface area contributed by atoms with Crippen molar-refractivity contribution < 1.29 is 4.74 Å². The van der Waals surface area contributed by atoms with Crippen molar-refractivity contribution in [2.45, 2.75) is 32.6 Å². The maximum Gasteiger partial charge on any atom is 0.118 e. The Morgan fingerprint density at radius 2 is 1.81 bits per heavy atom. The first-order valence-electron chi connectivity index (χ1n) is 8.20. The molecule has 1 aromatic rings. The third kappa shape index (κ3) is 4.45. The van der Waals surface area contributed by atoms with Gasteiger partial charge < -0.3 is 15.4 Å². The van der Waals surface area contributed by atoms with Gasteiger partial charge in [0.2, 0.25) is 0 Å². The maximum absolute atomic E-state index is 6.08. The zero-order valence-corrected chi connectivity index (χ0v) is 13.7. The molecule has 0 amide bonds. The molecule has 0 bridgehead atoms. The molecule has 3 nitrogen and oxygen atoms in total. The number of hydrogen-bond donors (Lipinski definition) is 1. The van der Waals surface area contributed by atoms with Gasteiger partial charge in [-0.25, -0.2) is 0 Å². The first-order chi connectivity index (χ1) is 10.1. The van der Waals surface area contributed by atoms with Crippen LogP contribution in [0.15, 0.2) is 24.3 Å². The number of benzene rings is 1. The summed E-state index contributed by atoms with van der Waals surface area (Å²) in [6, 6.07) is 8.45. The van der Waals surface area contributed by atoms with Gasteiger partial charge in [0.25, 0.3) is 0 Å². The first-order valence-corrected chi connectivity index (χ1v) is 8.20. The van der Waals surface area contributed by atoms with E-state index in [1.54, 1.807) is 7.11 Å². The van der Waals surface area contributed by atoms with Crippen LogP contribution in [0.1, 0.15) is 38.2 Å². The van der Waals surface area contributed by atoms with Crippen molar-refractivity contribution in [2.75, 3.05) is 33.3 Å². The summed E-state index contributed by atoms with van der Waals surface area (Å²) < 4.78 is 5.24. The van der Waals surface area contributed by atoms with Crippen molar-refractivity contribution in [3.63, 3.8) is 0 Å². The molecule has 3 heteroatoms. The molecule has 1 aliphatic heterocycles. The molecule has 0 radical (unpaired) electrons. The molecule has 2 N–H and O–H groups in total. The van der Waals surface area contributed by atoms with Crippen LogP contribution in [-0.2, 0) is 0 Å². The fourth-order valence-corrected chi connectivity index (χ4v) is 3.51. The third-order valence-electron chi connectivity index (χ3n) is 4.62. The Morgan fingerprint density at radius 1 is 1.19 bits per heavy atom. The molecule has 1 aliphatic rings. The summed E-state index contributed by atoms with van der Waals surface area (Å²) in [4.78, 5) is 2.60. The molecule has 21 heavy (non-hydrogen) atoms. The summed E-state index contributed by atoms with van der Waals surface area (Å²) >= 11 is 0. The normalized spacial score (nSPS) is 18.9. The van der Waals surface area contributed by atoms with Crippen molar-refractivity contribution in [3.8, 4) is 5.75 Å². The summed E-state index contributed by atoms with van der Waals surface area (Å²) in [6.07, 6.45) is 2.53. The van der Waals surface area contributed by atoms with Gasteiger partial charge in [0.15, 0.2) is 0 Å². The predicted octanol–water partition coefficient (Wildman–Crippen LogP) is 3.11. The van der Waals surface area contributed by atoms with Crippen LogP contribution < -0.4 is 10.5 Å². The van der Waals surface area contributed by atoms with Gasteiger partial charge >= 0.3 is 0 Å². The second-order valence-corrected chi connectivity index (χ2v) is 6.65. The summed E-state index contributed by atoms with van der Waals surface area (Å²) in [5.74, 6) is 2.87.